The van der Waals surface area contributed by atoms with Crippen molar-refractivity contribution < 1.29 is 24.0 Å². The lowest BCUT2D eigenvalue weighted by atomic mass is 10.00. The number of aliphatic hydroxyl groups is 1. The number of benzene rings is 1. The van der Waals surface area contributed by atoms with Crippen molar-refractivity contribution >= 4 is 34.6 Å². The predicted octanol–water partition coefficient (Wildman–Crippen LogP) is 3.68. The number of carbonyl (C=O) groups excluding carboxylic acids is 2. The highest BCUT2D eigenvalue weighted by Crippen LogP contribution is 2.43. The van der Waals surface area contributed by atoms with Crippen LogP contribution in [0.2, 0.25) is 0 Å². The van der Waals surface area contributed by atoms with Crippen molar-refractivity contribution in [1.82, 2.24) is 5.16 Å². The van der Waals surface area contributed by atoms with E-state index in [0.717, 1.165) is 4.88 Å². The molecule has 1 amide bonds. The zero-order valence-corrected chi connectivity index (χ0v) is 15.9. The van der Waals surface area contributed by atoms with Gasteiger partial charge in [0, 0.05) is 16.5 Å². The quantitative estimate of drug-likeness (QED) is 0.411. The van der Waals surface area contributed by atoms with Crippen molar-refractivity contribution in [2.45, 2.75) is 13.0 Å². The maximum Gasteiger partial charge on any atom is 0.301 e. The number of hydrogen-bond acceptors (Lipinski definition) is 7. The van der Waals surface area contributed by atoms with Gasteiger partial charge in [-0.3, -0.25) is 14.5 Å². The van der Waals surface area contributed by atoms with Crippen molar-refractivity contribution in [2.24, 2.45) is 0 Å². The monoisotopic (exact) mass is 396 g/mol. The van der Waals surface area contributed by atoms with Crippen molar-refractivity contribution in [3.8, 4) is 5.75 Å². The lowest BCUT2D eigenvalue weighted by molar-refractivity contribution is -0.132. The van der Waals surface area contributed by atoms with Crippen LogP contribution >= 0.6 is 11.3 Å². The van der Waals surface area contributed by atoms with E-state index >= 15 is 0 Å². The van der Waals surface area contributed by atoms with Gasteiger partial charge in [0.1, 0.15) is 23.3 Å². The first-order valence-electron chi connectivity index (χ1n) is 8.43. The number of hydrogen-bond donors (Lipinski definition) is 1. The lowest BCUT2D eigenvalue weighted by Crippen LogP contribution is -2.29. The molecule has 0 aliphatic carbocycles. The summed E-state index contributed by atoms with van der Waals surface area (Å²) in [6.07, 6.45) is 0. The molecule has 3 heterocycles. The minimum Gasteiger partial charge on any atom is -0.507 e. The molecule has 1 atom stereocenters. The van der Waals surface area contributed by atoms with E-state index in [9.17, 15) is 14.7 Å². The van der Waals surface area contributed by atoms with Crippen LogP contribution in [0.1, 0.15) is 22.2 Å². The van der Waals surface area contributed by atoms with Gasteiger partial charge in [-0.05, 0) is 30.5 Å². The average molecular weight is 396 g/mol. The van der Waals surface area contributed by atoms with Gasteiger partial charge in [0.15, 0.2) is 5.82 Å². The molecule has 1 saturated heterocycles. The highest BCUT2D eigenvalue weighted by Gasteiger charge is 2.48. The first-order chi connectivity index (χ1) is 13.5. The highest BCUT2D eigenvalue weighted by atomic mass is 32.1. The number of thiophene rings is 1. The zero-order chi connectivity index (χ0) is 19.8. The van der Waals surface area contributed by atoms with Crippen molar-refractivity contribution in [3.05, 3.63) is 69.6 Å². The van der Waals surface area contributed by atoms with Gasteiger partial charge in [-0.1, -0.05) is 23.4 Å². The third kappa shape index (κ3) is 2.87. The molecule has 0 spiro atoms. The number of anilines is 1. The molecule has 0 bridgehead atoms. The van der Waals surface area contributed by atoms with Crippen molar-refractivity contribution in [3.63, 3.8) is 0 Å². The molecule has 1 aliphatic rings. The Hall–Kier alpha value is -3.39. The van der Waals surface area contributed by atoms with Gasteiger partial charge in [0.2, 0.25) is 0 Å². The fourth-order valence-corrected chi connectivity index (χ4v) is 4.00. The average Bonchev–Trinajstić information content (AvgIpc) is 3.42. The number of ketones is 1. The molecule has 3 aromatic rings. The van der Waals surface area contributed by atoms with Crippen LogP contribution < -0.4 is 9.64 Å². The molecular weight excluding hydrogens is 380 g/mol. The molecule has 1 unspecified atom stereocenters. The Bertz CT molecular complexity index is 1080. The van der Waals surface area contributed by atoms with Gasteiger partial charge in [-0.25, -0.2) is 0 Å². The maximum absolute atomic E-state index is 12.9. The van der Waals surface area contributed by atoms with Crippen LogP contribution in [0, 0.1) is 6.92 Å². The van der Waals surface area contributed by atoms with E-state index < -0.39 is 17.7 Å². The summed E-state index contributed by atoms with van der Waals surface area (Å²) in [5.41, 5.74) is 0.386. The van der Waals surface area contributed by atoms with E-state index in [4.69, 9.17) is 9.26 Å². The van der Waals surface area contributed by atoms with Gasteiger partial charge >= 0.3 is 5.91 Å². The molecule has 0 saturated carbocycles. The second kappa shape index (κ2) is 6.97. The van der Waals surface area contributed by atoms with E-state index in [1.54, 1.807) is 43.3 Å². The summed E-state index contributed by atoms with van der Waals surface area (Å²) >= 11 is 1.38. The summed E-state index contributed by atoms with van der Waals surface area (Å²) in [5, 5.41) is 16.7. The molecular formula is C20H16N2O5S. The van der Waals surface area contributed by atoms with E-state index in [0.29, 0.717) is 17.1 Å². The van der Waals surface area contributed by atoms with E-state index in [1.165, 1.54) is 23.3 Å². The molecule has 4 rings (SSSR count). The van der Waals surface area contributed by atoms with Gasteiger partial charge in [0.25, 0.3) is 5.78 Å². The Morgan fingerprint density at radius 3 is 2.71 bits per heavy atom. The topological polar surface area (TPSA) is 92.9 Å². The Morgan fingerprint density at radius 2 is 2.07 bits per heavy atom. The van der Waals surface area contributed by atoms with Crippen LogP contribution in [0.25, 0.3) is 5.76 Å². The lowest BCUT2D eigenvalue weighted by Gasteiger charge is -2.21. The summed E-state index contributed by atoms with van der Waals surface area (Å²) in [4.78, 5) is 27.7. The largest absolute Gasteiger partial charge is 0.507 e. The van der Waals surface area contributed by atoms with Crippen LogP contribution in [0.5, 0.6) is 5.75 Å². The molecule has 142 valence electrons. The van der Waals surface area contributed by atoms with Crippen LogP contribution in [-0.2, 0) is 9.59 Å². The fraction of sp³-hybridized carbons (Fsp3) is 0.150. The summed E-state index contributed by atoms with van der Waals surface area (Å²) in [6.45, 7) is 1.70. The third-order valence-electron chi connectivity index (χ3n) is 4.46. The van der Waals surface area contributed by atoms with E-state index in [1.807, 2.05) is 11.4 Å². The van der Waals surface area contributed by atoms with Gasteiger partial charge in [-0.2, -0.15) is 0 Å². The minimum absolute atomic E-state index is 0.00126. The summed E-state index contributed by atoms with van der Waals surface area (Å²) < 4.78 is 10.3. The number of aromatic nitrogens is 1. The predicted molar refractivity (Wildman–Crippen MR) is 103 cm³/mol. The highest BCUT2D eigenvalue weighted by molar-refractivity contribution is 7.10. The van der Waals surface area contributed by atoms with Gasteiger partial charge < -0.3 is 14.4 Å². The Balaban J connectivity index is 1.92. The zero-order valence-electron chi connectivity index (χ0n) is 15.1. The number of amides is 1. The second-order valence-electron chi connectivity index (χ2n) is 6.21. The number of carbonyl (C=O) groups is 2. The van der Waals surface area contributed by atoms with Crippen LogP contribution in [0.4, 0.5) is 5.82 Å². The number of aliphatic hydroxyl groups excluding tert-OH is 1. The molecule has 0 radical (unpaired) electrons. The first kappa shape index (κ1) is 18.0. The van der Waals surface area contributed by atoms with Crippen LogP contribution in [0.15, 0.2) is 57.9 Å². The van der Waals surface area contributed by atoms with Gasteiger partial charge in [-0.15, -0.1) is 11.3 Å². The number of rotatable bonds is 4. The maximum atomic E-state index is 12.9. The first-order valence-corrected chi connectivity index (χ1v) is 9.31. The molecule has 8 heteroatoms. The SMILES string of the molecule is COc1cccc(C(O)=C2C(=O)C(=O)N(c3cc(C)on3)C2c2cccs2)c1. The summed E-state index contributed by atoms with van der Waals surface area (Å²) in [6, 6.07) is 11.1. The molecule has 1 aliphatic heterocycles. The normalized spacial score (nSPS) is 18.6. The Kier molecular flexibility index (Phi) is 4.48. The number of Topliss-reactive ketones (excluding diaryl/α,β-unsaturated/α-hetero) is 1. The van der Waals surface area contributed by atoms with Crippen molar-refractivity contribution in [1.29, 1.82) is 0 Å². The smallest absolute Gasteiger partial charge is 0.301 e. The summed E-state index contributed by atoms with van der Waals surface area (Å²) in [5.74, 6) is -0.552. The molecule has 28 heavy (non-hydrogen) atoms. The third-order valence-corrected chi connectivity index (χ3v) is 5.39. The van der Waals surface area contributed by atoms with Gasteiger partial charge in [0.05, 0.1) is 12.7 Å². The molecule has 2 aromatic heterocycles. The Labute approximate surface area is 164 Å². The van der Waals surface area contributed by atoms with Crippen LogP contribution in [0.3, 0.4) is 0 Å². The Morgan fingerprint density at radius 1 is 1.25 bits per heavy atom. The molecule has 7 nitrogen and oxygen atoms in total. The number of nitrogens with zero attached hydrogens (tertiary/aromatic N) is 2. The molecule has 1 fully saturated rings. The van der Waals surface area contributed by atoms with Crippen LogP contribution in [-0.4, -0.2) is 29.1 Å². The van der Waals surface area contributed by atoms with E-state index in [-0.39, 0.29) is 17.2 Å². The minimum atomic E-state index is -0.796. The number of ether oxygens (including phenoxy) is 1. The standard InChI is InChI=1S/C20H16N2O5S/c1-11-9-15(21-27-11)22-17(14-7-4-8-28-14)16(19(24)20(22)25)18(23)12-5-3-6-13(10-12)26-2/h3-10,17,23H,1-2H3. The van der Waals surface area contributed by atoms with E-state index in [2.05, 4.69) is 5.16 Å². The van der Waals surface area contributed by atoms with Crippen molar-refractivity contribution in [2.75, 3.05) is 12.0 Å². The molecule has 1 N–H and O–H groups in total. The number of aryl methyl sites for hydroxylation is 1. The summed E-state index contributed by atoms with van der Waals surface area (Å²) in [7, 11) is 1.51. The molecule has 1 aromatic carbocycles. The second-order valence-corrected chi connectivity index (χ2v) is 7.19. The number of methoxy groups -OCH3 is 1. The fourth-order valence-electron chi connectivity index (χ4n) is 3.18.